The van der Waals surface area contributed by atoms with Gasteiger partial charge in [0.05, 0.1) is 5.60 Å². The molecule has 0 unspecified atom stereocenters. The van der Waals surface area contributed by atoms with Crippen molar-refractivity contribution < 1.29 is 9.84 Å². The van der Waals surface area contributed by atoms with Crippen LogP contribution in [0, 0.1) is 0 Å². The first-order valence-corrected chi connectivity index (χ1v) is 6.75. The molecule has 2 rings (SSSR count). The molecule has 1 aliphatic carbocycles. The van der Waals surface area contributed by atoms with Crippen molar-refractivity contribution in [2.24, 2.45) is 0 Å². The third-order valence-electron chi connectivity index (χ3n) is 3.29. The molecule has 2 nitrogen and oxygen atoms in total. The molecular weight excluding hydrogens is 196 g/mol. The highest BCUT2D eigenvalue weighted by molar-refractivity contribution is 7.99. The third kappa shape index (κ3) is 2.88. The van der Waals surface area contributed by atoms with E-state index in [2.05, 4.69) is 0 Å². The van der Waals surface area contributed by atoms with Crippen LogP contribution in [0.1, 0.15) is 38.5 Å². The van der Waals surface area contributed by atoms with Gasteiger partial charge >= 0.3 is 0 Å². The fraction of sp³-hybridized carbons (Fsp3) is 1.00. The van der Waals surface area contributed by atoms with Crippen LogP contribution in [0.15, 0.2) is 0 Å². The van der Waals surface area contributed by atoms with E-state index in [1.165, 1.54) is 25.7 Å². The maximum Gasteiger partial charge on any atom is 0.0737 e. The molecule has 3 heteroatoms. The lowest BCUT2D eigenvalue weighted by atomic mass is 10.1. The first-order chi connectivity index (χ1) is 6.79. The second-order valence-electron chi connectivity index (χ2n) is 4.55. The summed E-state index contributed by atoms with van der Waals surface area (Å²) in [5.74, 6) is 0.942. The van der Waals surface area contributed by atoms with Crippen molar-refractivity contribution in [2.75, 3.05) is 19.0 Å². The molecule has 0 bridgehead atoms. The standard InChI is InChI=1S/C11H20O2S/c12-11(5-1-2-6-11)9-14-10-3-7-13-8-4-10/h10,12H,1-9H2. The summed E-state index contributed by atoms with van der Waals surface area (Å²) in [5.41, 5.74) is -0.330. The molecule has 1 saturated heterocycles. The monoisotopic (exact) mass is 216 g/mol. The third-order valence-corrected chi connectivity index (χ3v) is 4.94. The second kappa shape index (κ2) is 4.86. The summed E-state index contributed by atoms with van der Waals surface area (Å²) in [6.45, 7) is 1.83. The highest BCUT2D eigenvalue weighted by atomic mass is 32.2. The number of aliphatic hydroxyl groups is 1. The van der Waals surface area contributed by atoms with Crippen molar-refractivity contribution >= 4 is 11.8 Å². The first kappa shape index (κ1) is 10.8. The highest BCUT2D eigenvalue weighted by Gasteiger charge is 2.32. The zero-order chi connectivity index (χ0) is 9.86. The van der Waals surface area contributed by atoms with Gasteiger partial charge in [-0.3, -0.25) is 0 Å². The van der Waals surface area contributed by atoms with Crippen LogP contribution in [0.2, 0.25) is 0 Å². The van der Waals surface area contributed by atoms with Gasteiger partial charge in [-0.1, -0.05) is 12.8 Å². The minimum absolute atomic E-state index is 0.330. The van der Waals surface area contributed by atoms with Crippen molar-refractivity contribution in [2.45, 2.75) is 49.4 Å². The van der Waals surface area contributed by atoms with Crippen LogP contribution >= 0.6 is 11.8 Å². The Labute approximate surface area is 90.4 Å². The Morgan fingerprint density at radius 3 is 2.50 bits per heavy atom. The molecule has 0 atom stereocenters. The quantitative estimate of drug-likeness (QED) is 0.784. The summed E-state index contributed by atoms with van der Waals surface area (Å²) in [5, 5.41) is 10.9. The van der Waals surface area contributed by atoms with Gasteiger partial charge < -0.3 is 9.84 Å². The topological polar surface area (TPSA) is 29.5 Å². The normalized spacial score (nSPS) is 28.1. The van der Waals surface area contributed by atoms with E-state index in [1.807, 2.05) is 11.8 Å². The van der Waals surface area contributed by atoms with Crippen LogP contribution < -0.4 is 0 Å². The van der Waals surface area contributed by atoms with E-state index in [1.54, 1.807) is 0 Å². The first-order valence-electron chi connectivity index (χ1n) is 5.70. The lowest BCUT2D eigenvalue weighted by Crippen LogP contribution is -2.29. The minimum atomic E-state index is -0.330. The van der Waals surface area contributed by atoms with Gasteiger partial charge in [-0.25, -0.2) is 0 Å². The maximum absolute atomic E-state index is 10.2. The maximum atomic E-state index is 10.2. The van der Waals surface area contributed by atoms with Crippen LogP contribution in [-0.2, 0) is 4.74 Å². The molecular formula is C11H20O2S. The van der Waals surface area contributed by atoms with Crippen molar-refractivity contribution in [3.63, 3.8) is 0 Å². The molecule has 1 heterocycles. The average molecular weight is 216 g/mol. The smallest absolute Gasteiger partial charge is 0.0737 e. The molecule has 82 valence electrons. The number of thioether (sulfide) groups is 1. The Bertz CT molecular complexity index is 172. The van der Waals surface area contributed by atoms with Crippen molar-refractivity contribution in [1.82, 2.24) is 0 Å². The fourth-order valence-electron chi connectivity index (χ4n) is 2.29. The molecule has 1 N–H and O–H groups in total. The molecule has 0 amide bonds. The number of rotatable bonds is 3. The van der Waals surface area contributed by atoms with Crippen LogP contribution in [0.25, 0.3) is 0 Å². The van der Waals surface area contributed by atoms with E-state index in [0.29, 0.717) is 0 Å². The van der Waals surface area contributed by atoms with Crippen molar-refractivity contribution in [3.8, 4) is 0 Å². The SMILES string of the molecule is OC1(CSC2CCOCC2)CCCC1. The van der Waals surface area contributed by atoms with Gasteiger partial charge in [-0.15, -0.1) is 0 Å². The second-order valence-corrected chi connectivity index (χ2v) is 5.84. The number of hydrogen-bond acceptors (Lipinski definition) is 3. The molecule has 1 saturated carbocycles. The Balaban J connectivity index is 1.70. The van der Waals surface area contributed by atoms with E-state index < -0.39 is 0 Å². The highest BCUT2D eigenvalue weighted by Crippen LogP contribution is 2.35. The zero-order valence-corrected chi connectivity index (χ0v) is 9.52. The number of ether oxygens (including phenoxy) is 1. The Morgan fingerprint density at radius 2 is 1.86 bits per heavy atom. The van der Waals surface area contributed by atoms with E-state index in [0.717, 1.165) is 37.1 Å². The molecule has 0 spiro atoms. The molecule has 0 aromatic heterocycles. The Kier molecular flexibility index (Phi) is 3.74. The van der Waals surface area contributed by atoms with E-state index in [9.17, 15) is 5.11 Å². The van der Waals surface area contributed by atoms with Gasteiger partial charge in [0, 0.05) is 24.2 Å². The van der Waals surface area contributed by atoms with Gasteiger partial charge in [0.1, 0.15) is 0 Å². The van der Waals surface area contributed by atoms with Gasteiger partial charge in [-0.05, 0) is 25.7 Å². The summed E-state index contributed by atoms with van der Waals surface area (Å²) in [7, 11) is 0. The number of hydrogen-bond donors (Lipinski definition) is 1. The molecule has 0 aromatic carbocycles. The molecule has 1 aliphatic heterocycles. The van der Waals surface area contributed by atoms with E-state index in [-0.39, 0.29) is 5.60 Å². The predicted octanol–water partition coefficient (Wildman–Crippen LogP) is 2.20. The zero-order valence-electron chi connectivity index (χ0n) is 8.71. The van der Waals surface area contributed by atoms with Gasteiger partial charge in [0.25, 0.3) is 0 Å². The lowest BCUT2D eigenvalue weighted by molar-refractivity contribution is 0.0721. The lowest BCUT2D eigenvalue weighted by Gasteiger charge is -2.27. The molecule has 0 radical (unpaired) electrons. The predicted molar refractivity (Wildman–Crippen MR) is 59.7 cm³/mol. The molecule has 2 fully saturated rings. The Hall–Kier alpha value is 0.270. The summed E-state index contributed by atoms with van der Waals surface area (Å²) >= 11 is 1.96. The largest absolute Gasteiger partial charge is 0.389 e. The summed E-state index contributed by atoms with van der Waals surface area (Å²) in [4.78, 5) is 0. The van der Waals surface area contributed by atoms with Crippen molar-refractivity contribution in [1.29, 1.82) is 0 Å². The average Bonchev–Trinajstić information content (AvgIpc) is 2.65. The molecule has 0 aromatic rings. The minimum Gasteiger partial charge on any atom is -0.389 e. The van der Waals surface area contributed by atoms with E-state index >= 15 is 0 Å². The Morgan fingerprint density at radius 1 is 1.21 bits per heavy atom. The summed E-state index contributed by atoms with van der Waals surface area (Å²) < 4.78 is 5.32. The molecule has 2 aliphatic rings. The van der Waals surface area contributed by atoms with Gasteiger partial charge in [0.15, 0.2) is 0 Å². The summed E-state index contributed by atoms with van der Waals surface area (Å²) in [6, 6.07) is 0. The fourth-order valence-corrected chi connectivity index (χ4v) is 3.65. The van der Waals surface area contributed by atoms with Gasteiger partial charge in [-0.2, -0.15) is 11.8 Å². The van der Waals surface area contributed by atoms with Crippen LogP contribution in [0.3, 0.4) is 0 Å². The summed E-state index contributed by atoms with van der Waals surface area (Å²) in [6.07, 6.45) is 6.80. The van der Waals surface area contributed by atoms with E-state index in [4.69, 9.17) is 4.74 Å². The van der Waals surface area contributed by atoms with Crippen molar-refractivity contribution in [3.05, 3.63) is 0 Å². The van der Waals surface area contributed by atoms with Crippen LogP contribution in [0.4, 0.5) is 0 Å². The van der Waals surface area contributed by atoms with Crippen LogP contribution in [0.5, 0.6) is 0 Å². The van der Waals surface area contributed by atoms with Crippen LogP contribution in [-0.4, -0.2) is 34.9 Å². The van der Waals surface area contributed by atoms with Gasteiger partial charge in [0.2, 0.25) is 0 Å². The molecule has 14 heavy (non-hydrogen) atoms.